The maximum Gasteiger partial charge on any atom is 0.273 e. The lowest BCUT2D eigenvalue weighted by atomic mass is 10.1. The summed E-state index contributed by atoms with van der Waals surface area (Å²) in [4.78, 5) is 12.2. The summed E-state index contributed by atoms with van der Waals surface area (Å²) in [5.41, 5.74) is 3.82. The molecule has 24 heavy (non-hydrogen) atoms. The lowest BCUT2D eigenvalue weighted by Gasteiger charge is -2.13. The third-order valence-electron chi connectivity index (χ3n) is 3.24. The Labute approximate surface area is 148 Å². The van der Waals surface area contributed by atoms with Gasteiger partial charge in [0.2, 0.25) is 0 Å². The first-order valence-corrected chi connectivity index (χ1v) is 7.83. The van der Waals surface area contributed by atoms with Crippen LogP contribution in [0.1, 0.15) is 17.2 Å². The van der Waals surface area contributed by atoms with Gasteiger partial charge in [-0.05, 0) is 39.2 Å². The molecule has 0 bridgehead atoms. The highest BCUT2D eigenvalue weighted by atomic mass is 79.9. The van der Waals surface area contributed by atoms with Crippen molar-refractivity contribution in [1.29, 1.82) is 0 Å². The molecule has 2 aromatic rings. The number of carbonyl (C=O) groups excluding carboxylic acids is 1. The predicted octanol–water partition coefficient (Wildman–Crippen LogP) is 3.00. The molecule has 7 heteroatoms. The molecule has 0 spiro atoms. The summed E-state index contributed by atoms with van der Waals surface area (Å²) in [7, 11) is 2.91. The van der Waals surface area contributed by atoms with E-state index in [4.69, 9.17) is 9.47 Å². The van der Waals surface area contributed by atoms with E-state index < -0.39 is 6.10 Å². The van der Waals surface area contributed by atoms with E-state index in [2.05, 4.69) is 26.5 Å². The predicted molar refractivity (Wildman–Crippen MR) is 94.3 cm³/mol. The number of phenolic OH excluding ortho intramolecular Hbond substituents is 1. The van der Waals surface area contributed by atoms with Crippen LogP contribution in [0.5, 0.6) is 11.5 Å². The molecule has 2 aromatic carbocycles. The van der Waals surface area contributed by atoms with Crippen molar-refractivity contribution in [2.45, 2.75) is 6.10 Å². The minimum Gasteiger partial charge on any atom is -0.503 e. The van der Waals surface area contributed by atoms with Gasteiger partial charge in [-0.15, -0.1) is 0 Å². The zero-order valence-corrected chi connectivity index (χ0v) is 14.8. The number of phenols is 1. The Balaban J connectivity index is 2.08. The first-order valence-electron chi connectivity index (χ1n) is 7.04. The monoisotopic (exact) mass is 392 g/mol. The lowest BCUT2D eigenvalue weighted by Crippen LogP contribution is -2.26. The van der Waals surface area contributed by atoms with Crippen molar-refractivity contribution in [3.63, 3.8) is 0 Å². The number of hydrogen-bond donors (Lipinski definition) is 2. The normalized spacial score (nSPS) is 12.1. The molecular formula is C17H17BrN2O4. The highest BCUT2D eigenvalue weighted by Crippen LogP contribution is 2.34. The van der Waals surface area contributed by atoms with Gasteiger partial charge in [0.1, 0.15) is 0 Å². The van der Waals surface area contributed by atoms with Crippen LogP contribution in [0.3, 0.4) is 0 Å². The van der Waals surface area contributed by atoms with Crippen LogP contribution in [-0.2, 0) is 9.53 Å². The van der Waals surface area contributed by atoms with Crippen molar-refractivity contribution >= 4 is 28.1 Å². The topological polar surface area (TPSA) is 80.2 Å². The van der Waals surface area contributed by atoms with Crippen molar-refractivity contribution in [3.05, 3.63) is 58.1 Å². The summed E-state index contributed by atoms with van der Waals surface area (Å²) in [6, 6.07) is 12.4. The quantitative estimate of drug-likeness (QED) is 0.584. The van der Waals surface area contributed by atoms with E-state index in [-0.39, 0.29) is 11.7 Å². The lowest BCUT2D eigenvalue weighted by molar-refractivity contribution is -0.131. The van der Waals surface area contributed by atoms with Crippen LogP contribution in [-0.4, -0.2) is 31.4 Å². The summed E-state index contributed by atoms with van der Waals surface area (Å²) in [6.45, 7) is 0. The molecule has 126 valence electrons. The van der Waals surface area contributed by atoms with Gasteiger partial charge in [-0.2, -0.15) is 5.10 Å². The second-order valence-electron chi connectivity index (χ2n) is 4.81. The van der Waals surface area contributed by atoms with E-state index in [1.165, 1.54) is 20.4 Å². The van der Waals surface area contributed by atoms with E-state index in [9.17, 15) is 9.90 Å². The summed E-state index contributed by atoms with van der Waals surface area (Å²) >= 11 is 3.22. The SMILES string of the molecule is COc1cc(/C=N\NC(=O)[C@@H](OC)c2ccccc2)cc(Br)c1O. The van der Waals surface area contributed by atoms with Crippen molar-refractivity contribution in [3.8, 4) is 11.5 Å². The van der Waals surface area contributed by atoms with Gasteiger partial charge in [0.25, 0.3) is 5.91 Å². The first-order chi connectivity index (χ1) is 11.6. The molecule has 0 aliphatic rings. The highest BCUT2D eigenvalue weighted by molar-refractivity contribution is 9.10. The maximum atomic E-state index is 12.2. The third kappa shape index (κ3) is 4.33. The number of hydrazone groups is 1. The summed E-state index contributed by atoms with van der Waals surface area (Å²) in [5.74, 6) is -0.0804. The van der Waals surface area contributed by atoms with Gasteiger partial charge >= 0.3 is 0 Å². The number of benzene rings is 2. The number of hydrogen-bond acceptors (Lipinski definition) is 5. The second kappa shape index (κ2) is 8.47. The molecule has 1 amide bonds. The van der Waals surface area contributed by atoms with Gasteiger partial charge in [0, 0.05) is 7.11 Å². The van der Waals surface area contributed by atoms with Crippen molar-refractivity contribution < 1.29 is 19.4 Å². The second-order valence-corrected chi connectivity index (χ2v) is 5.67. The first kappa shape index (κ1) is 18.0. The van der Waals surface area contributed by atoms with E-state index in [1.54, 1.807) is 24.3 Å². The third-order valence-corrected chi connectivity index (χ3v) is 3.84. The number of ether oxygens (including phenoxy) is 2. The van der Waals surface area contributed by atoms with E-state index >= 15 is 0 Å². The van der Waals surface area contributed by atoms with E-state index in [0.717, 1.165) is 5.56 Å². The summed E-state index contributed by atoms with van der Waals surface area (Å²) in [6.07, 6.45) is 0.701. The van der Waals surface area contributed by atoms with Crippen LogP contribution in [0.4, 0.5) is 0 Å². The Hall–Kier alpha value is -2.38. The van der Waals surface area contributed by atoms with Gasteiger partial charge in [0.15, 0.2) is 17.6 Å². The molecule has 0 radical (unpaired) electrons. The van der Waals surface area contributed by atoms with Crippen LogP contribution in [0.2, 0.25) is 0 Å². The minimum atomic E-state index is -0.746. The number of rotatable bonds is 6. The average Bonchev–Trinajstić information content (AvgIpc) is 2.59. The van der Waals surface area contributed by atoms with Crippen LogP contribution < -0.4 is 10.2 Å². The fraction of sp³-hybridized carbons (Fsp3) is 0.176. The molecule has 2 rings (SSSR count). The Morgan fingerprint density at radius 3 is 2.62 bits per heavy atom. The molecule has 0 aromatic heterocycles. The zero-order valence-electron chi connectivity index (χ0n) is 13.2. The molecule has 0 saturated carbocycles. The van der Waals surface area contributed by atoms with Crippen LogP contribution in [0.25, 0.3) is 0 Å². The van der Waals surface area contributed by atoms with Gasteiger partial charge in [0.05, 0.1) is 17.8 Å². The molecule has 2 N–H and O–H groups in total. The average molecular weight is 393 g/mol. The molecule has 0 aliphatic heterocycles. The Bertz CT molecular complexity index is 735. The van der Waals surface area contributed by atoms with Crippen LogP contribution in [0.15, 0.2) is 52.0 Å². The molecule has 0 aliphatic carbocycles. The number of halogens is 1. The molecule has 0 unspecified atom stereocenters. The fourth-order valence-electron chi connectivity index (χ4n) is 2.08. The Morgan fingerprint density at radius 1 is 1.29 bits per heavy atom. The Kier molecular flexibility index (Phi) is 6.34. The van der Waals surface area contributed by atoms with Gasteiger partial charge in [-0.1, -0.05) is 30.3 Å². The number of carbonyl (C=O) groups is 1. The van der Waals surface area contributed by atoms with Crippen molar-refractivity contribution in [2.24, 2.45) is 5.10 Å². The highest BCUT2D eigenvalue weighted by Gasteiger charge is 2.19. The Morgan fingerprint density at radius 2 is 2.00 bits per heavy atom. The molecule has 0 saturated heterocycles. The summed E-state index contributed by atoms with van der Waals surface area (Å²) < 4.78 is 10.8. The van der Waals surface area contributed by atoms with Gasteiger partial charge < -0.3 is 14.6 Å². The van der Waals surface area contributed by atoms with Crippen molar-refractivity contribution in [1.82, 2.24) is 5.43 Å². The van der Waals surface area contributed by atoms with E-state index in [0.29, 0.717) is 15.8 Å². The largest absolute Gasteiger partial charge is 0.503 e. The van der Waals surface area contributed by atoms with Crippen LogP contribution in [0, 0.1) is 0 Å². The van der Waals surface area contributed by atoms with Gasteiger partial charge in [-0.25, -0.2) is 5.43 Å². The van der Waals surface area contributed by atoms with Crippen molar-refractivity contribution in [2.75, 3.05) is 14.2 Å². The van der Waals surface area contributed by atoms with Crippen LogP contribution >= 0.6 is 15.9 Å². The standard InChI is InChI=1S/C17H17BrN2O4/c1-23-14-9-11(8-13(18)15(14)21)10-19-20-17(22)16(24-2)12-6-4-3-5-7-12/h3-10,16,21H,1-2H3,(H,20,22)/b19-10-/t16-/m0/s1. The summed E-state index contributed by atoms with van der Waals surface area (Å²) in [5, 5.41) is 13.7. The number of amides is 1. The smallest absolute Gasteiger partial charge is 0.273 e. The number of nitrogens with zero attached hydrogens (tertiary/aromatic N) is 1. The number of methoxy groups -OCH3 is 2. The number of nitrogens with one attached hydrogen (secondary N) is 1. The molecular weight excluding hydrogens is 376 g/mol. The molecule has 0 fully saturated rings. The minimum absolute atomic E-state index is 0.00205. The molecule has 6 nitrogen and oxygen atoms in total. The molecule has 1 atom stereocenters. The van der Waals surface area contributed by atoms with E-state index in [1.807, 2.05) is 18.2 Å². The zero-order chi connectivity index (χ0) is 17.5. The maximum absolute atomic E-state index is 12.2. The number of aromatic hydroxyl groups is 1. The molecule has 0 heterocycles. The fourth-order valence-corrected chi connectivity index (χ4v) is 2.54. The van der Waals surface area contributed by atoms with Gasteiger partial charge in [-0.3, -0.25) is 4.79 Å².